The molecule has 2 heterocycles. The van der Waals surface area contributed by atoms with Gasteiger partial charge in [-0.3, -0.25) is 4.79 Å². The zero-order chi connectivity index (χ0) is 10.1. The molecule has 2 rings (SSSR count). The van der Waals surface area contributed by atoms with Crippen molar-refractivity contribution in [2.45, 2.75) is 6.92 Å². The van der Waals surface area contributed by atoms with Crippen LogP contribution in [0.2, 0.25) is 0 Å². The molecule has 1 amide bonds. The van der Waals surface area contributed by atoms with E-state index in [0.717, 1.165) is 5.76 Å². The third kappa shape index (κ3) is 1.88. The number of aryl methyl sites for hydroxylation is 1. The lowest BCUT2D eigenvalue weighted by Gasteiger charge is -1.88. The number of thioether (sulfide) groups is 1. The monoisotopic (exact) mass is 225 g/mol. The molecule has 0 saturated carbocycles. The molecule has 1 aliphatic rings. The predicted octanol–water partition coefficient (Wildman–Crippen LogP) is 2.08. The van der Waals surface area contributed by atoms with Gasteiger partial charge in [-0.1, -0.05) is 24.0 Å². The van der Waals surface area contributed by atoms with Crippen molar-refractivity contribution in [1.29, 1.82) is 0 Å². The maximum Gasteiger partial charge on any atom is 0.263 e. The van der Waals surface area contributed by atoms with E-state index in [0.29, 0.717) is 15.0 Å². The van der Waals surface area contributed by atoms with Gasteiger partial charge < -0.3 is 9.73 Å². The number of carbonyl (C=O) groups excluding carboxylic acids is 1. The molecule has 1 aromatic heterocycles. The second-order valence-corrected chi connectivity index (χ2v) is 4.52. The summed E-state index contributed by atoms with van der Waals surface area (Å²) in [7, 11) is 0. The Morgan fingerprint density at radius 2 is 2.36 bits per heavy atom. The summed E-state index contributed by atoms with van der Waals surface area (Å²) in [6.07, 6.45) is 1.69. The van der Waals surface area contributed by atoms with E-state index in [2.05, 4.69) is 5.32 Å². The molecular formula is C9H7NO2S2. The predicted molar refractivity (Wildman–Crippen MR) is 59.8 cm³/mol. The molecule has 0 aromatic carbocycles. The van der Waals surface area contributed by atoms with Crippen LogP contribution in [-0.4, -0.2) is 10.2 Å². The van der Waals surface area contributed by atoms with Gasteiger partial charge in [-0.05, 0) is 19.1 Å². The summed E-state index contributed by atoms with van der Waals surface area (Å²) < 4.78 is 5.81. The number of thiocarbonyl (C=S) groups is 1. The maximum absolute atomic E-state index is 11.3. The summed E-state index contributed by atoms with van der Waals surface area (Å²) in [5, 5.41) is 2.54. The highest BCUT2D eigenvalue weighted by molar-refractivity contribution is 8.26. The van der Waals surface area contributed by atoms with Crippen LogP contribution in [0, 0.1) is 6.92 Å². The van der Waals surface area contributed by atoms with Crippen molar-refractivity contribution in [2.75, 3.05) is 0 Å². The topological polar surface area (TPSA) is 42.2 Å². The van der Waals surface area contributed by atoms with Crippen LogP contribution < -0.4 is 5.32 Å². The van der Waals surface area contributed by atoms with Gasteiger partial charge in [-0.2, -0.15) is 0 Å². The molecule has 0 radical (unpaired) electrons. The summed E-state index contributed by atoms with van der Waals surface area (Å²) in [6.45, 7) is 1.86. The Kier molecular flexibility index (Phi) is 2.43. The fourth-order valence-electron chi connectivity index (χ4n) is 1.08. The normalized spacial score (nSPS) is 19.1. The molecule has 1 aliphatic heterocycles. The number of amides is 1. The minimum absolute atomic E-state index is 0.158. The Balaban J connectivity index is 2.27. The third-order valence-corrected chi connectivity index (χ3v) is 2.84. The quantitative estimate of drug-likeness (QED) is 0.587. The molecule has 1 aromatic rings. The summed E-state index contributed by atoms with van der Waals surface area (Å²) in [5.74, 6) is 1.33. The van der Waals surface area contributed by atoms with E-state index in [9.17, 15) is 4.79 Å². The van der Waals surface area contributed by atoms with Crippen molar-refractivity contribution in [3.05, 3.63) is 28.6 Å². The number of hydrogen-bond acceptors (Lipinski definition) is 4. The van der Waals surface area contributed by atoms with Crippen LogP contribution >= 0.6 is 24.0 Å². The molecular weight excluding hydrogens is 218 g/mol. The third-order valence-electron chi connectivity index (χ3n) is 1.68. The van der Waals surface area contributed by atoms with Crippen LogP contribution in [0.15, 0.2) is 21.5 Å². The minimum Gasteiger partial charge on any atom is -0.462 e. The van der Waals surface area contributed by atoms with Gasteiger partial charge in [0, 0.05) is 6.08 Å². The average Bonchev–Trinajstić information content (AvgIpc) is 2.61. The van der Waals surface area contributed by atoms with E-state index in [1.54, 1.807) is 6.08 Å². The second-order valence-electron chi connectivity index (χ2n) is 2.80. The lowest BCUT2D eigenvalue weighted by Crippen LogP contribution is -2.17. The molecule has 0 atom stereocenters. The Labute approximate surface area is 90.5 Å². The highest BCUT2D eigenvalue weighted by Crippen LogP contribution is 2.26. The average molecular weight is 225 g/mol. The van der Waals surface area contributed by atoms with E-state index in [4.69, 9.17) is 16.6 Å². The van der Waals surface area contributed by atoms with Gasteiger partial charge in [-0.25, -0.2) is 0 Å². The van der Waals surface area contributed by atoms with Crippen LogP contribution in [0.3, 0.4) is 0 Å². The first kappa shape index (κ1) is 9.48. The van der Waals surface area contributed by atoms with Gasteiger partial charge in [0.05, 0.1) is 4.91 Å². The lowest BCUT2D eigenvalue weighted by molar-refractivity contribution is -0.115. The molecule has 0 aliphatic carbocycles. The molecule has 0 spiro atoms. The van der Waals surface area contributed by atoms with E-state index in [1.807, 2.05) is 19.1 Å². The zero-order valence-electron chi connectivity index (χ0n) is 7.37. The van der Waals surface area contributed by atoms with Crippen LogP contribution in [-0.2, 0) is 4.79 Å². The Morgan fingerprint density at radius 3 is 2.86 bits per heavy atom. The van der Waals surface area contributed by atoms with Crippen molar-refractivity contribution >= 4 is 40.3 Å². The molecule has 0 bridgehead atoms. The number of carbonyl (C=O) groups is 1. The summed E-state index contributed by atoms with van der Waals surface area (Å²) in [4.78, 5) is 11.8. The van der Waals surface area contributed by atoms with Crippen LogP contribution in [0.25, 0.3) is 6.08 Å². The van der Waals surface area contributed by atoms with Gasteiger partial charge in [0.1, 0.15) is 15.8 Å². The smallest absolute Gasteiger partial charge is 0.263 e. The van der Waals surface area contributed by atoms with Crippen LogP contribution in [0.5, 0.6) is 0 Å². The second kappa shape index (κ2) is 3.59. The van der Waals surface area contributed by atoms with Crippen LogP contribution in [0.4, 0.5) is 0 Å². The first-order chi connectivity index (χ1) is 6.65. The van der Waals surface area contributed by atoms with Crippen molar-refractivity contribution < 1.29 is 9.21 Å². The Bertz CT molecular complexity index is 434. The fourth-order valence-corrected chi connectivity index (χ4v) is 2.11. The molecule has 1 N–H and O–H groups in total. The molecule has 14 heavy (non-hydrogen) atoms. The molecule has 5 heteroatoms. The summed E-state index contributed by atoms with van der Waals surface area (Å²) in [5.41, 5.74) is 0. The van der Waals surface area contributed by atoms with Gasteiger partial charge >= 0.3 is 0 Å². The first-order valence-electron chi connectivity index (χ1n) is 3.96. The number of rotatable bonds is 1. The zero-order valence-corrected chi connectivity index (χ0v) is 9.00. The van der Waals surface area contributed by atoms with Crippen LogP contribution in [0.1, 0.15) is 11.5 Å². The Hall–Kier alpha value is -1.07. The number of nitrogens with one attached hydrogen (secondary N) is 1. The largest absolute Gasteiger partial charge is 0.462 e. The van der Waals surface area contributed by atoms with E-state index in [1.165, 1.54) is 11.8 Å². The van der Waals surface area contributed by atoms with Gasteiger partial charge in [0.25, 0.3) is 5.91 Å². The van der Waals surface area contributed by atoms with Crippen molar-refractivity contribution in [2.24, 2.45) is 0 Å². The van der Waals surface area contributed by atoms with Gasteiger partial charge in [-0.15, -0.1) is 0 Å². The molecule has 72 valence electrons. The minimum atomic E-state index is -0.158. The highest BCUT2D eigenvalue weighted by atomic mass is 32.2. The molecule has 0 unspecified atom stereocenters. The fraction of sp³-hybridized carbons (Fsp3) is 0.111. The van der Waals surface area contributed by atoms with Crippen molar-refractivity contribution in [3.8, 4) is 0 Å². The van der Waals surface area contributed by atoms with Crippen molar-refractivity contribution in [1.82, 2.24) is 5.32 Å². The Morgan fingerprint density at radius 1 is 1.57 bits per heavy atom. The van der Waals surface area contributed by atoms with E-state index < -0.39 is 0 Å². The number of hydrogen-bond donors (Lipinski definition) is 1. The molecule has 1 fully saturated rings. The van der Waals surface area contributed by atoms with Gasteiger partial charge in [0.15, 0.2) is 0 Å². The highest BCUT2D eigenvalue weighted by Gasteiger charge is 2.22. The summed E-state index contributed by atoms with van der Waals surface area (Å²) in [6, 6.07) is 3.67. The SMILES string of the molecule is Cc1ccc(/C=C2\SC(=S)NC2=O)o1. The van der Waals surface area contributed by atoms with Gasteiger partial charge in [0.2, 0.25) is 0 Å². The molecule has 1 saturated heterocycles. The van der Waals surface area contributed by atoms with E-state index in [-0.39, 0.29) is 5.91 Å². The molecule has 3 nitrogen and oxygen atoms in total. The standard InChI is InChI=1S/C9H7NO2S2/c1-5-2-3-6(12-5)4-7-8(11)10-9(13)14-7/h2-4H,1H3,(H,10,11,13)/b7-4-. The number of furan rings is 1. The van der Waals surface area contributed by atoms with Crippen molar-refractivity contribution in [3.63, 3.8) is 0 Å². The summed E-state index contributed by atoms with van der Waals surface area (Å²) >= 11 is 6.10. The maximum atomic E-state index is 11.3. The van der Waals surface area contributed by atoms with E-state index >= 15 is 0 Å². The lowest BCUT2D eigenvalue weighted by atomic mass is 10.4. The first-order valence-corrected chi connectivity index (χ1v) is 5.19.